The molecule has 5 nitrogen and oxygen atoms in total. The number of fused-ring (bicyclic) bond motifs is 10. The Bertz CT molecular complexity index is 3130. The van der Waals surface area contributed by atoms with Crippen LogP contribution in [0.5, 0.6) is 0 Å². The average Bonchev–Trinajstić information content (AvgIpc) is 3.77. The van der Waals surface area contributed by atoms with Gasteiger partial charge in [-0.2, -0.15) is 9.97 Å². The van der Waals surface area contributed by atoms with Gasteiger partial charge in [-0.25, -0.2) is 9.97 Å². The van der Waals surface area contributed by atoms with Crippen LogP contribution < -0.4 is 0 Å². The second-order valence-electron chi connectivity index (χ2n) is 13.0. The fourth-order valence-corrected chi connectivity index (χ4v) is 9.09. The summed E-state index contributed by atoms with van der Waals surface area (Å²) in [5, 5.41) is 8.24. The van der Waals surface area contributed by atoms with E-state index in [0.29, 0.717) is 17.6 Å². The summed E-state index contributed by atoms with van der Waals surface area (Å²) in [7, 11) is 0. The van der Waals surface area contributed by atoms with Gasteiger partial charge in [0, 0.05) is 63.8 Å². The molecule has 7 aromatic carbocycles. The minimum absolute atomic E-state index is 0.592. The Balaban J connectivity index is 1.22. The van der Waals surface area contributed by atoms with Gasteiger partial charge in [0.2, 0.25) is 5.95 Å². The molecule has 0 aliphatic carbocycles. The number of aromatic nitrogens is 5. The van der Waals surface area contributed by atoms with Crippen molar-refractivity contribution in [3.8, 4) is 40.0 Å². The van der Waals surface area contributed by atoms with E-state index in [1.807, 2.05) is 18.2 Å². The quantitative estimate of drug-likeness (QED) is 0.174. The maximum atomic E-state index is 5.30. The molecule has 0 unspecified atom stereocenters. The predicted molar refractivity (Wildman–Crippen MR) is 216 cm³/mol. The van der Waals surface area contributed by atoms with Crippen molar-refractivity contribution in [3.63, 3.8) is 0 Å². The smallest absolute Gasteiger partial charge is 0.238 e. The lowest BCUT2D eigenvalue weighted by Crippen LogP contribution is -2.06. The van der Waals surface area contributed by atoms with Crippen molar-refractivity contribution in [2.45, 2.75) is 0 Å². The lowest BCUT2D eigenvalue weighted by atomic mass is 9.98. The normalized spacial score (nSPS) is 11.8. The molecule has 0 bridgehead atoms. The van der Waals surface area contributed by atoms with Crippen molar-refractivity contribution in [1.29, 1.82) is 0 Å². The first-order chi connectivity index (χ1) is 25.8. The minimum atomic E-state index is 0.592. The Labute approximate surface area is 302 Å². The summed E-state index contributed by atoms with van der Waals surface area (Å²) in [4.78, 5) is 20.8. The second-order valence-corrected chi connectivity index (χ2v) is 14.0. The minimum Gasteiger partial charge on any atom is -0.278 e. The molecule has 0 saturated heterocycles. The maximum Gasteiger partial charge on any atom is 0.238 e. The fraction of sp³-hybridized carbons (Fsp3) is 0. The van der Waals surface area contributed by atoms with Crippen LogP contribution in [0.1, 0.15) is 0 Å². The molecular formula is C46H27N5S. The van der Waals surface area contributed by atoms with Crippen molar-refractivity contribution >= 4 is 75.0 Å². The van der Waals surface area contributed by atoms with Crippen LogP contribution in [0, 0.1) is 0 Å². The Morgan fingerprint density at radius 3 is 1.71 bits per heavy atom. The van der Waals surface area contributed by atoms with E-state index in [1.165, 1.54) is 20.9 Å². The molecule has 6 heteroatoms. The lowest BCUT2D eigenvalue weighted by Gasteiger charge is -2.11. The summed E-state index contributed by atoms with van der Waals surface area (Å²) in [6.45, 7) is 0. The van der Waals surface area contributed by atoms with Crippen LogP contribution in [0.15, 0.2) is 164 Å². The number of pyridine rings is 1. The molecule has 11 aromatic rings. The van der Waals surface area contributed by atoms with Gasteiger partial charge in [0.15, 0.2) is 11.6 Å². The molecule has 52 heavy (non-hydrogen) atoms. The average molecular weight is 682 g/mol. The summed E-state index contributed by atoms with van der Waals surface area (Å²) in [5.41, 5.74) is 7.12. The fourth-order valence-electron chi connectivity index (χ4n) is 7.72. The van der Waals surface area contributed by atoms with Crippen LogP contribution in [0.4, 0.5) is 0 Å². The van der Waals surface area contributed by atoms with Gasteiger partial charge in [0.1, 0.15) is 0 Å². The van der Waals surface area contributed by atoms with E-state index in [0.717, 1.165) is 65.2 Å². The molecular weight excluding hydrogens is 655 g/mol. The lowest BCUT2D eigenvalue weighted by molar-refractivity contribution is 0.954. The van der Waals surface area contributed by atoms with Crippen molar-refractivity contribution < 1.29 is 0 Å². The Hall–Kier alpha value is -6.76. The number of rotatable bonds is 4. The van der Waals surface area contributed by atoms with Crippen molar-refractivity contribution in [1.82, 2.24) is 24.5 Å². The molecule has 242 valence electrons. The third-order valence-corrected chi connectivity index (χ3v) is 11.3. The van der Waals surface area contributed by atoms with Gasteiger partial charge in [-0.1, -0.05) is 140 Å². The number of hydrogen-bond donors (Lipinski definition) is 0. The van der Waals surface area contributed by atoms with Crippen molar-refractivity contribution in [2.75, 3.05) is 0 Å². The number of nitrogens with zero attached hydrogens (tertiary/aromatic N) is 5. The zero-order valence-electron chi connectivity index (χ0n) is 27.7. The predicted octanol–water partition coefficient (Wildman–Crippen LogP) is 12.0. The monoisotopic (exact) mass is 681 g/mol. The molecule has 11 rings (SSSR count). The summed E-state index contributed by atoms with van der Waals surface area (Å²) in [6, 6.07) is 57.1. The van der Waals surface area contributed by atoms with Gasteiger partial charge in [0.05, 0.1) is 22.2 Å². The van der Waals surface area contributed by atoms with Gasteiger partial charge in [-0.3, -0.25) is 4.57 Å². The molecule has 0 radical (unpaired) electrons. The molecule has 0 atom stereocenters. The van der Waals surface area contributed by atoms with Gasteiger partial charge in [-0.15, -0.1) is 11.3 Å². The largest absolute Gasteiger partial charge is 0.278 e. The van der Waals surface area contributed by atoms with E-state index in [4.69, 9.17) is 19.9 Å². The van der Waals surface area contributed by atoms with Gasteiger partial charge >= 0.3 is 0 Å². The van der Waals surface area contributed by atoms with E-state index in [-0.39, 0.29) is 0 Å². The molecule has 0 amide bonds. The standard InChI is InChI=1S/C46H27N5S/c1-3-14-28(15-4-1)41-35-27-26-33-32-21-13-22-36(42(32)52-43(33)40(35)34-20-7-10-23-37(34)47-41)45-48-44(29-16-5-2-6-17-29)49-46(50-45)51-38-24-11-8-18-30(38)31-19-9-12-25-39(31)51/h1-27H. The molecule has 0 spiro atoms. The number of benzene rings is 7. The van der Waals surface area contributed by atoms with E-state index in [1.54, 1.807) is 11.3 Å². The SMILES string of the molecule is c1ccc(-c2nc(-c3cccc4c3sc3c4ccc4c(-c5ccccc5)nc5ccccc5c43)nc(-n3c4ccccc4c4ccccc43)n2)cc1. The zero-order valence-corrected chi connectivity index (χ0v) is 28.5. The maximum absolute atomic E-state index is 5.30. The molecule has 0 N–H and O–H groups in total. The highest BCUT2D eigenvalue weighted by Gasteiger charge is 2.21. The third kappa shape index (κ3) is 4.35. The summed E-state index contributed by atoms with van der Waals surface area (Å²) in [5.74, 6) is 1.87. The van der Waals surface area contributed by atoms with Crippen molar-refractivity contribution in [2.24, 2.45) is 0 Å². The molecule has 0 saturated carbocycles. The summed E-state index contributed by atoms with van der Waals surface area (Å²) < 4.78 is 4.55. The molecule has 0 aliphatic heterocycles. The van der Waals surface area contributed by atoms with Gasteiger partial charge in [0.25, 0.3) is 0 Å². The van der Waals surface area contributed by atoms with Gasteiger partial charge in [-0.05, 0) is 24.3 Å². The third-order valence-electron chi connectivity index (χ3n) is 10.1. The van der Waals surface area contributed by atoms with E-state index in [9.17, 15) is 0 Å². The topological polar surface area (TPSA) is 56.5 Å². The van der Waals surface area contributed by atoms with Crippen LogP contribution in [-0.4, -0.2) is 24.5 Å². The molecule has 0 fully saturated rings. The highest BCUT2D eigenvalue weighted by Crippen LogP contribution is 2.45. The molecule has 0 aliphatic rings. The van der Waals surface area contributed by atoms with E-state index < -0.39 is 0 Å². The Morgan fingerprint density at radius 1 is 0.385 bits per heavy atom. The first kappa shape index (κ1) is 29.0. The van der Waals surface area contributed by atoms with Crippen LogP contribution in [0.3, 0.4) is 0 Å². The van der Waals surface area contributed by atoms with E-state index >= 15 is 0 Å². The first-order valence-corrected chi connectivity index (χ1v) is 18.1. The van der Waals surface area contributed by atoms with Crippen LogP contribution in [0.2, 0.25) is 0 Å². The highest BCUT2D eigenvalue weighted by molar-refractivity contribution is 7.27. The Kier molecular flexibility index (Phi) is 6.35. The highest BCUT2D eigenvalue weighted by atomic mass is 32.1. The van der Waals surface area contributed by atoms with Crippen LogP contribution in [0.25, 0.3) is 104 Å². The van der Waals surface area contributed by atoms with Crippen LogP contribution in [-0.2, 0) is 0 Å². The molecule has 4 aromatic heterocycles. The van der Waals surface area contributed by atoms with Gasteiger partial charge < -0.3 is 0 Å². The van der Waals surface area contributed by atoms with Crippen molar-refractivity contribution in [3.05, 3.63) is 164 Å². The number of hydrogen-bond acceptors (Lipinski definition) is 5. The Morgan fingerprint density at radius 2 is 0.962 bits per heavy atom. The number of thiophene rings is 1. The number of para-hydroxylation sites is 3. The summed E-state index contributed by atoms with van der Waals surface area (Å²) >= 11 is 1.81. The zero-order chi connectivity index (χ0) is 34.2. The summed E-state index contributed by atoms with van der Waals surface area (Å²) in [6.07, 6.45) is 0. The van der Waals surface area contributed by atoms with E-state index in [2.05, 4.69) is 150 Å². The molecule has 4 heterocycles. The first-order valence-electron chi connectivity index (χ1n) is 17.3. The second kappa shape index (κ2) is 11.4. The van der Waals surface area contributed by atoms with Crippen LogP contribution >= 0.6 is 11.3 Å².